The van der Waals surface area contributed by atoms with E-state index in [0.29, 0.717) is 32.3 Å². The highest BCUT2D eigenvalue weighted by Crippen LogP contribution is 2.27. The minimum atomic E-state index is -0.895. The van der Waals surface area contributed by atoms with Crippen molar-refractivity contribution in [3.8, 4) is 5.75 Å². The van der Waals surface area contributed by atoms with Crippen LogP contribution in [-0.2, 0) is 16.0 Å². The molecule has 0 bridgehead atoms. The second-order valence-corrected chi connectivity index (χ2v) is 7.99. The molecule has 7 heteroatoms. The molecule has 1 fully saturated rings. The third-order valence-corrected chi connectivity index (χ3v) is 5.73. The lowest BCUT2D eigenvalue weighted by Gasteiger charge is -2.35. The molecule has 0 radical (unpaired) electrons. The van der Waals surface area contributed by atoms with Gasteiger partial charge in [-0.2, -0.15) is 0 Å². The summed E-state index contributed by atoms with van der Waals surface area (Å²) in [5, 5.41) is 21.9. The van der Waals surface area contributed by atoms with Gasteiger partial charge in [0.2, 0.25) is 11.8 Å². The SMILES string of the molecule is O=C1CCc2cc(OCCCC(=O)N(CC(O)CO)C3CCCCC3)ccc2N1. The van der Waals surface area contributed by atoms with Crippen LogP contribution in [0.5, 0.6) is 5.75 Å². The van der Waals surface area contributed by atoms with Crippen molar-refractivity contribution in [3.63, 3.8) is 0 Å². The Bertz CT molecular complexity index is 702. The fourth-order valence-electron chi connectivity index (χ4n) is 4.14. The third kappa shape index (κ3) is 6.18. The minimum Gasteiger partial charge on any atom is -0.494 e. The first kappa shape index (κ1) is 21.6. The predicted molar refractivity (Wildman–Crippen MR) is 110 cm³/mol. The van der Waals surface area contributed by atoms with Gasteiger partial charge < -0.3 is 25.2 Å². The fourth-order valence-corrected chi connectivity index (χ4v) is 4.14. The molecule has 7 nitrogen and oxygen atoms in total. The average Bonchev–Trinajstić information content (AvgIpc) is 2.75. The maximum absolute atomic E-state index is 12.8. The van der Waals surface area contributed by atoms with Crippen LogP contribution in [0.2, 0.25) is 0 Å². The van der Waals surface area contributed by atoms with Crippen LogP contribution < -0.4 is 10.1 Å². The largest absolute Gasteiger partial charge is 0.494 e. The molecular weight excluding hydrogens is 372 g/mol. The van der Waals surface area contributed by atoms with Gasteiger partial charge in [-0.3, -0.25) is 9.59 Å². The molecule has 0 aromatic heterocycles. The molecule has 29 heavy (non-hydrogen) atoms. The van der Waals surface area contributed by atoms with Gasteiger partial charge in [-0.15, -0.1) is 0 Å². The van der Waals surface area contributed by atoms with E-state index in [1.54, 1.807) is 4.90 Å². The van der Waals surface area contributed by atoms with E-state index >= 15 is 0 Å². The van der Waals surface area contributed by atoms with E-state index in [0.717, 1.165) is 42.7 Å². The minimum absolute atomic E-state index is 0.0150. The van der Waals surface area contributed by atoms with Crippen molar-refractivity contribution in [1.82, 2.24) is 4.90 Å². The molecule has 160 valence electrons. The Morgan fingerprint density at radius 3 is 2.79 bits per heavy atom. The van der Waals surface area contributed by atoms with Gasteiger partial charge in [0.15, 0.2) is 0 Å². The second-order valence-electron chi connectivity index (χ2n) is 7.99. The lowest BCUT2D eigenvalue weighted by atomic mass is 9.93. The number of nitrogens with one attached hydrogen (secondary N) is 1. The zero-order chi connectivity index (χ0) is 20.6. The summed E-state index contributed by atoms with van der Waals surface area (Å²) in [5.74, 6) is 0.798. The van der Waals surface area contributed by atoms with Crippen molar-refractivity contribution in [3.05, 3.63) is 23.8 Å². The average molecular weight is 405 g/mol. The van der Waals surface area contributed by atoms with Crippen molar-refractivity contribution >= 4 is 17.5 Å². The van der Waals surface area contributed by atoms with E-state index < -0.39 is 6.10 Å². The molecule has 3 N–H and O–H groups in total. The van der Waals surface area contributed by atoms with Crippen LogP contribution in [0.1, 0.15) is 56.9 Å². The number of benzene rings is 1. The monoisotopic (exact) mass is 404 g/mol. The summed E-state index contributed by atoms with van der Waals surface area (Å²) < 4.78 is 5.80. The number of nitrogens with zero attached hydrogens (tertiary/aromatic N) is 1. The summed E-state index contributed by atoms with van der Waals surface area (Å²) in [5.41, 5.74) is 1.91. The first-order chi connectivity index (χ1) is 14.1. The van der Waals surface area contributed by atoms with Crippen molar-refractivity contribution in [2.45, 2.75) is 69.9 Å². The molecule has 1 heterocycles. The Morgan fingerprint density at radius 1 is 1.24 bits per heavy atom. The summed E-state index contributed by atoms with van der Waals surface area (Å²) in [6.07, 6.45) is 6.57. The molecule has 1 aliphatic heterocycles. The number of hydrogen-bond acceptors (Lipinski definition) is 5. The summed E-state index contributed by atoms with van der Waals surface area (Å²) in [6.45, 7) is 0.285. The van der Waals surface area contributed by atoms with E-state index in [1.165, 1.54) is 6.42 Å². The van der Waals surface area contributed by atoms with E-state index in [9.17, 15) is 19.8 Å². The van der Waals surface area contributed by atoms with Crippen molar-refractivity contribution in [2.24, 2.45) is 0 Å². The zero-order valence-corrected chi connectivity index (χ0v) is 16.9. The Hall–Kier alpha value is -2.12. The summed E-state index contributed by atoms with van der Waals surface area (Å²) in [4.78, 5) is 26.0. The van der Waals surface area contributed by atoms with Gasteiger partial charge in [-0.05, 0) is 49.4 Å². The number of ether oxygens (including phenoxy) is 1. The molecule has 2 aliphatic rings. The number of aryl methyl sites for hydroxylation is 1. The van der Waals surface area contributed by atoms with Gasteiger partial charge >= 0.3 is 0 Å². The Morgan fingerprint density at radius 2 is 2.03 bits per heavy atom. The molecule has 1 saturated carbocycles. The number of aliphatic hydroxyl groups is 2. The molecule has 1 unspecified atom stereocenters. The van der Waals surface area contributed by atoms with Crippen LogP contribution in [0.25, 0.3) is 0 Å². The maximum atomic E-state index is 12.8. The summed E-state index contributed by atoms with van der Waals surface area (Å²) >= 11 is 0. The molecule has 1 atom stereocenters. The lowest BCUT2D eigenvalue weighted by Crippen LogP contribution is -2.46. The van der Waals surface area contributed by atoms with E-state index in [4.69, 9.17) is 4.74 Å². The standard InChI is InChI=1S/C22H32N2O5/c25-15-18(26)14-24(17-5-2-1-3-6-17)22(28)7-4-12-29-19-9-10-20-16(13-19)8-11-21(27)23-20/h9-10,13,17-18,25-26H,1-8,11-12,14-15H2,(H,23,27). The molecular formula is C22H32N2O5. The number of amides is 2. The van der Waals surface area contributed by atoms with Crippen molar-refractivity contribution in [2.75, 3.05) is 25.1 Å². The molecule has 1 aromatic carbocycles. The van der Waals surface area contributed by atoms with E-state index in [2.05, 4.69) is 5.32 Å². The van der Waals surface area contributed by atoms with Crippen LogP contribution in [0, 0.1) is 0 Å². The lowest BCUT2D eigenvalue weighted by molar-refractivity contribution is -0.136. The highest BCUT2D eigenvalue weighted by molar-refractivity contribution is 5.94. The van der Waals surface area contributed by atoms with Gasteiger partial charge in [0.25, 0.3) is 0 Å². The van der Waals surface area contributed by atoms with Crippen LogP contribution in [-0.4, -0.2) is 58.8 Å². The van der Waals surface area contributed by atoms with Gasteiger partial charge in [-0.25, -0.2) is 0 Å². The number of carbonyl (C=O) groups is 2. The van der Waals surface area contributed by atoms with Gasteiger partial charge in [0, 0.05) is 31.1 Å². The highest BCUT2D eigenvalue weighted by atomic mass is 16.5. The normalized spacial score (nSPS) is 17.9. The second kappa shape index (κ2) is 10.6. The van der Waals surface area contributed by atoms with Crippen LogP contribution >= 0.6 is 0 Å². The molecule has 3 rings (SSSR count). The number of anilines is 1. The Balaban J connectivity index is 1.47. The third-order valence-electron chi connectivity index (χ3n) is 5.73. The van der Waals surface area contributed by atoms with Crippen LogP contribution in [0.4, 0.5) is 5.69 Å². The number of aliphatic hydroxyl groups excluding tert-OH is 2. The van der Waals surface area contributed by atoms with Crippen molar-refractivity contribution < 1.29 is 24.5 Å². The Kier molecular flexibility index (Phi) is 7.89. The van der Waals surface area contributed by atoms with Crippen LogP contribution in [0.3, 0.4) is 0 Å². The quantitative estimate of drug-likeness (QED) is 0.548. The fraction of sp³-hybridized carbons (Fsp3) is 0.636. The number of carbonyl (C=O) groups excluding carboxylic acids is 2. The van der Waals surface area contributed by atoms with Gasteiger partial charge in [0.1, 0.15) is 5.75 Å². The topological polar surface area (TPSA) is 99.1 Å². The predicted octanol–water partition coefficient (Wildman–Crippen LogP) is 2.24. The van der Waals surface area contributed by atoms with E-state index in [-0.39, 0.29) is 31.0 Å². The summed E-state index contributed by atoms with van der Waals surface area (Å²) in [6, 6.07) is 5.79. The maximum Gasteiger partial charge on any atom is 0.224 e. The molecule has 1 aromatic rings. The van der Waals surface area contributed by atoms with Crippen molar-refractivity contribution in [1.29, 1.82) is 0 Å². The molecule has 2 amide bonds. The first-order valence-corrected chi connectivity index (χ1v) is 10.7. The van der Waals surface area contributed by atoms with Gasteiger partial charge in [-0.1, -0.05) is 19.3 Å². The molecule has 1 aliphatic carbocycles. The number of rotatable bonds is 9. The summed E-state index contributed by atoms with van der Waals surface area (Å²) in [7, 11) is 0. The van der Waals surface area contributed by atoms with Gasteiger partial charge in [0.05, 0.1) is 19.3 Å². The first-order valence-electron chi connectivity index (χ1n) is 10.7. The number of fused-ring (bicyclic) bond motifs is 1. The number of hydrogen-bond donors (Lipinski definition) is 3. The zero-order valence-electron chi connectivity index (χ0n) is 16.9. The smallest absolute Gasteiger partial charge is 0.224 e. The van der Waals surface area contributed by atoms with Crippen LogP contribution in [0.15, 0.2) is 18.2 Å². The van der Waals surface area contributed by atoms with E-state index in [1.807, 2.05) is 18.2 Å². The molecule has 0 spiro atoms. The Labute approximate surface area is 172 Å². The highest BCUT2D eigenvalue weighted by Gasteiger charge is 2.26. The molecule has 0 saturated heterocycles.